The van der Waals surface area contributed by atoms with Crippen LogP contribution in [0.1, 0.15) is 24.8 Å². The van der Waals surface area contributed by atoms with Gasteiger partial charge in [-0.25, -0.2) is 9.48 Å². The fourth-order valence-corrected chi connectivity index (χ4v) is 4.86. The second-order valence-corrected chi connectivity index (χ2v) is 9.21. The average molecular weight is 453 g/mol. The van der Waals surface area contributed by atoms with Gasteiger partial charge >= 0.3 is 6.03 Å². The Labute approximate surface area is 193 Å². The number of amides is 3. The number of carbonyl (C=O) groups excluding carboxylic acids is 2. The summed E-state index contributed by atoms with van der Waals surface area (Å²) in [5.74, 6) is 1.03. The highest BCUT2D eigenvalue weighted by Gasteiger charge is 2.26. The number of nitrogens with one attached hydrogen (secondary N) is 2. The van der Waals surface area contributed by atoms with E-state index in [2.05, 4.69) is 42.9 Å². The van der Waals surface area contributed by atoms with Crippen LogP contribution in [0.2, 0.25) is 0 Å². The summed E-state index contributed by atoms with van der Waals surface area (Å²) in [6.07, 6.45) is 4.60. The van der Waals surface area contributed by atoms with Crippen molar-refractivity contribution in [1.82, 2.24) is 35.4 Å². The Bertz CT molecular complexity index is 961. The lowest BCUT2D eigenvalue weighted by Gasteiger charge is -2.37. The lowest BCUT2D eigenvalue weighted by molar-refractivity contribution is -0.120. The lowest BCUT2D eigenvalue weighted by Crippen LogP contribution is -2.49. The number of aromatic nitrogens is 3. The van der Waals surface area contributed by atoms with Gasteiger partial charge in [-0.1, -0.05) is 17.3 Å². The van der Waals surface area contributed by atoms with Crippen molar-refractivity contribution in [2.24, 2.45) is 5.92 Å². The van der Waals surface area contributed by atoms with Gasteiger partial charge in [0.25, 0.3) is 0 Å². The van der Waals surface area contributed by atoms with E-state index in [-0.39, 0.29) is 12.3 Å². The minimum atomic E-state index is -0.454. The Morgan fingerprint density at radius 3 is 2.39 bits per heavy atom. The van der Waals surface area contributed by atoms with Gasteiger partial charge in [0.2, 0.25) is 5.91 Å². The summed E-state index contributed by atoms with van der Waals surface area (Å²) < 4.78 is 1.66. The van der Waals surface area contributed by atoms with Gasteiger partial charge in [-0.3, -0.25) is 19.9 Å². The molecular weight excluding hydrogens is 420 g/mol. The van der Waals surface area contributed by atoms with Crippen molar-refractivity contribution in [2.45, 2.75) is 25.8 Å². The number of carbonyl (C=O) groups is 2. The van der Waals surface area contributed by atoms with Crippen LogP contribution in [0.25, 0.3) is 5.69 Å². The van der Waals surface area contributed by atoms with Crippen LogP contribution < -0.4 is 15.5 Å². The molecule has 3 amide bonds. The molecule has 4 heterocycles. The Morgan fingerprint density at radius 2 is 1.67 bits per heavy atom. The van der Waals surface area contributed by atoms with Crippen molar-refractivity contribution in [3.63, 3.8) is 0 Å². The predicted octanol–water partition coefficient (Wildman–Crippen LogP) is 0.831. The van der Waals surface area contributed by atoms with Crippen LogP contribution >= 0.6 is 0 Å². The largest absolute Gasteiger partial charge is 0.329 e. The highest BCUT2D eigenvalue weighted by atomic mass is 16.2. The molecule has 10 heteroatoms. The van der Waals surface area contributed by atoms with Crippen molar-refractivity contribution < 1.29 is 9.59 Å². The minimum Gasteiger partial charge on any atom is -0.317 e. The fourth-order valence-electron chi connectivity index (χ4n) is 4.86. The van der Waals surface area contributed by atoms with E-state index in [1.165, 1.54) is 42.9 Å². The summed E-state index contributed by atoms with van der Waals surface area (Å²) in [7, 11) is 0. The number of piperazine rings is 1. The predicted molar refractivity (Wildman–Crippen MR) is 124 cm³/mol. The third-order valence-electron chi connectivity index (χ3n) is 6.86. The molecule has 10 nitrogen and oxygen atoms in total. The van der Waals surface area contributed by atoms with Crippen molar-refractivity contribution in [2.75, 3.05) is 57.3 Å². The van der Waals surface area contributed by atoms with Crippen molar-refractivity contribution in [3.05, 3.63) is 36.0 Å². The number of piperidine rings is 1. The lowest BCUT2D eigenvalue weighted by atomic mass is 9.97. The van der Waals surface area contributed by atoms with Gasteiger partial charge in [-0.2, -0.15) is 0 Å². The Balaban J connectivity index is 1.12. The van der Waals surface area contributed by atoms with E-state index in [0.717, 1.165) is 44.3 Å². The van der Waals surface area contributed by atoms with Crippen LogP contribution in [0.3, 0.4) is 0 Å². The summed E-state index contributed by atoms with van der Waals surface area (Å²) in [4.78, 5) is 29.9. The highest BCUT2D eigenvalue weighted by Crippen LogP contribution is 2.18. The van der Waals surface area contributed by atoms with E-state index in [1.807, 2.05) is 12.1 Å². The molecule has 0 bridgehead atoms. The summed E-state index contributed by atoms with van der Waals surface area (Å²) in [5.41, 5.74) is 2.16. The number of urea groups is 1. The Kier molecular flexibility index (Phi) is 6.65. The SMILES string of the molecule is O=C1CCN(c2cn(-c3ccc(CN4CCN(CC5CCNCC5)CC4)cc3)nn2)C(=O)N1. The van der Waals surface area contributed by atoms with E-state index < -0.39 is 6.03 Å². The summed E-state index contributed by atoms with van der Waals surface area (Å²) in [6.45, 7) is 9.38. The summed E-state index contributed by atoms with van der Waals surface area (Å²) >= 11 is 0. The first-order chi connectivity index (χ1) is 16.1. The maximum Gasteiger partial charge on any atom is 0.329 e. The number of hydrogen-bond acceptors (Lipinski definition) is 7. The first-order valence-corrected chi connectivity index (χ1v) is 11.9. The number of imide groups is 1. The van der Waals surface area contributed by atoms with Crippen molar-refractivity contribution >= 4 is 17.8 Å². The van der Waals surface area contributed by atoms with Gasteiger partial charge in [0.05, 0.1) is 11.9 Å². The topological polar surface area (TPSA) is 98.6 Å². The fraction of sp³-hybridized carbons (Fsp3) is 0.565. The van der Waals surface area contributed by atoms with Gasteiger partial charge in [-0.15, -0.1) is 5.10 Å². The summed E-state index contributed by atoms with van der Waals surface area (Å²) in [5, 5.41) is 14.0. The first-order valence-electron chi connectivity index (χ1n) is 11.9. The van der Waals surface area contributed by atoms with Crippen molar-refractivity contribution in [3.8, 4) is 5.69 Å². The number of nitrogens with zero attached hydrogens (tertiary/aromatic N) is 6. The molecular formula is C23H32N8O2. The van der Waals surface area contributed by atoms with E-state index in [9.17, 15) is 9.59 Å². The maximum atomic E-state index is 12.0. The van der Waals surface area contributed by atoms with Crippen LogP contribution in [0.5, 0.6) is 0 Å². The van der Waals surface area contributed by atoms with Crippen LogP contribution in [-0.2, 0) is 11.3 Å². The van der Waals surface area contributed by atoms with E-state index in [4.69, 9.17) is 0 Å². The van der Waals surface area contributed by atoms with Gasteiger partial charge in [0.1, 0.15) is 0 Å². The molecule has 0 unspecified atom stereocenters. The molecule has 0 radical (unpaired) electrons. The molecule has 0 spiro atoms. The van der Waals surface area contributed by atoms with Crippen LogP contribution in [0, 0.1) is 5.92 Å². The number of hydrogen-bond donors (Lipinski definition) is 2. The van der Waals surface area contributed by atoms with Crippen LogP contribution in [-0.4, -0.2) is 89.1 Å². The van der Waals surface area contributed by atoms with Gasteiger partial charge in [0.15, 0.2) is 5.82 Å². The zero-order valence-electron chi connectivity index (χ0n) is 18.9. The monoisotopic (exact) mass is 452 g/mol. The minimum absolute atomic E-state index is 0.262. The molecule has 3 saturated heterocycles. The quantitative estimate of drug-likeness (QED) is 0.670. The van der Waals surface area contributed by atoms with Gasteiger partial charge in [-0.05, 0) is 49.5 Å². The molecule has 1 aromatic heterocycles. The normalized spacial score (nSPS) is 21.4. The molecule has 3 aliphatic rings. The third kappa shape index (κ3) is 5.40. The molecule has 0 aliphatic carbocycles. The molecule has 33 heavy (non-hydrogen) atoms. The molecule has 3 aliphatic heterocycles. The average Bonchev–Trinajstić information content (AvgIpc) is 3.31. The zero-order valence-corrected chi connectivity index (χ0v) is 18.9. The van der Waals surface area contributed by atoms with Crippen LogP contribution in [0.4, 0.5) is 10.6 Å². The number of anilines is 1. The molecule has 5 rings (SSSR count). The molecule has 0 atom stereocenters. The molecule has 0 saturated carbocycles. The van der Waals surface area contributed by atoms with Gasteiger partial charge in [0, 0.05) is 52.2 Å². The molecule has 3 fully saturated rings. The second kappa shape index (κ2) is 9.98. The van der Waals surface area contributed by atoms with Gasteiger partial charge < -0.3 is 10.2 Å². The maximum absolute atomic E-state index is 12.0. The van der Waals surface area contributed by atoms with E-state index >= 15 is 0 Å². The third-order valence-corrected chi connectivity index (χ3v) is 6.86. The molecule has 176 valence electrons. The smallest absolute Gasteiger partial charge is 0.317 e. The second-order valence-electron chi connectivity index (χ2n) is 9.21. The highest BCUT2D eigenvalue weighted by molar-refractivity contribution is 6.05. The molecule has 1 aromatic carbocycles. The standard InChI is InChI=1S/C23H32N8O2/c32-22-7-10-30(23(33)25-22)21-17-31(27-26-21)20-3-1-18(2-4-20)15-28-11-13-29(14-12-28)16-19-5-8-24-9-6-19/h1-4,17,19,24H,5-16H2,(H,25,32,33). The molecule has 2 N–H and O–H groups in total. The number of benzene rings is 1. The van der Waals surface area contributed by atoms with E-state index in [1.54, 1.807) is 10.9 Å². The van der Waals surface area contributed by atoms with Crippen LogP contribution in [0.15, 0.2) is 30.5 Å². The summed E-state index contributed by atoms with van der Waals surface area (Å²) in [6, 6.07) is 7.86. The Hall–Kier alpha value is -2.82. The Morgan fingerprint density at radius 1 is 0.939 bits per heavy atom. The zero-order chi connectivity index (χ0) is 22.6. The van der Waals surface area contributed by atoms with E-state index in [0.29, 0.717) is 12.4 Å². The number of rotatable bonds is 6. The first kappa shape index (κ1) is 22.0. The molecule has 2 aromatic rings. The van der Waals surface area contributed by atoms with Crippen molar-refractivity contribution in [1.29, 1.82) is 0 Å².